The van der Waals surface area contributed by atoms with Gasteiger partial charge in [0.25, 0.3) is 11.6 Å². The van der Waals surface area contributed by atoms with Crippen molar-refractivity contribution in [1.82, 2.24) is 5.32 Å². The molecule has 22 heavy (non-hydrogen) atoms. The number of hydrogen-bond acceptors (Lipinski definition) is 5. The molecule has 0 aliphatic carbocycles. The van der Waals surface area contributed by atoms with Gasteiger partial charge in [-0.3, -0.25) is 14.9 Å². The summed E-state index contributed by atoms with van der Waals surface area (Å²) in [4.78, 5) is 34.1. The number of esters is 1. The van der Waals surface area contributed by atoms with E-state index in [1.54, 1.807) is 6.92 Å². The molecule has 1 aromatic rings. The summed E-state index contributed by atoms with van der Waals surface area (Å²) in [7, 11) is 1.23. The van der Waals surface area contributed by atoms with E-state index >= 15 is 0 Å². The predicted octanol–water partition coefficient (Wildman–Crippen LogP) is 2.57. The first-order chi connectivity index (χ1) is 10.3. The maximum atomic E-state index is 12.2. The molecular formula is C14H17ClN2O5. The Hall–Kier alpha value is -2.15. The summed E-state index contributed by atoms with van der Waals surface area (Å²) >= 11 is 5.70. The van der Waals surface area contributed by atoms with Crippen LogP contribution in [0.5, 0.6) is 0 Å². The third-order valence-electron chi connectivity index (χ3n) is 3.36. The number of nitro groups is 1. The number of nitrogens with zero attached hydrogens (tertiary/aromatic N) is 1. The number of carbonyl (C=O) groups excluding carboxylic acids is 2. The molecule has 1 amide bonds. The van der Waals surface area contributed by atoms with Gasteiger partial charge in [-0.15, -0.1) is 0 Å². The van der Waals surface area contributed by atoms with Crippen LogP contribution in [0.15, 0.2) is 18.2 Å². The van der Waals surface area contributed by atoms with Gasteiger partial charge in [0.05, 0.1) is 12.0 Å². The number of nitrogens with one attached hydrogen (secondary N) is 1. The molecule has 8 heteroatoms. The van der Waals surface area contributed by atoms with Gasteiger partial charge in [0.1, 0.15) is 11.1 Å². The Morgan fingerprint density at radius 2 is 2.09 bits per heavy atom. The Balaban J connectivity index is 3.02. The molecule has 0 unspecified atom stereocenters. The highest BCUT2D eigenvalue weighted by Gasteiger charge is 2.27. The molecule has 2 atom stereocenters. The second kappa shape index (κ2) is 7.74. The molecule has 0 saturated carbocycles. The summed E-state index contributed by atoms with van der Waals surface area (Å²) < 4.78 is 4.67. The molecule has 0 heterocycles. The smallest absolute Gasteiger partial charge is 0.328 e. The van der Waals surface area contributed by atoms with Crippen LogP contribution in [-0.2, 0) is 9.53 Å². The number of methoxy groups -OCH3 is 1. The zero-order chi connectivity index (χ0) is 16.9. The van der Waals surface area contributed by atoms with Crippen LogP contribution >= 0.6 is 11.6 Å². The van der Waals surface area contributed by atoms with Crippen LogP contribution in [-0.4, -0.2) is 30.0 Å². The van der Waals surface area contributed by atoms with Crippen LogP contribution in [0.3, 0.4) is 0 Å². The first-order valence-corrected chi connectivity index (χ1v) is 7.02. The lowest BCUT2D eigenvalue weighted by Crippen LogP contribution is -2.45. The van der Waals surface area contributed by atoms with Gasteiger partial charge >= 0.3 is 5.97 Å². The van der Waals surface area contributed by atoms with Gasteiger partial charge in [0.2, 0.25) is 0 Å². The van der Waals surface area contributed by atoms with E-state index in [0.717, 1.165) is 6.07 Å². The molecule has 0 spiro atoms. The van der Waals surface area contributed by atoms with Crippen molar-refractivity contribution in [2.45, 2.75) is 26.3 Å². The van der Waals surface area contributed by atoms with E-state index in [-0.39, 0.29) is 22.2 Å². The Morgan fingerprint density at radius 3 is 2.59 bits per heavy atom. The zero-order valence-electron chi connectivity index (χ0n) is 12.5. The topological polar surface area (TPSA) is 98.5 Å². The van der Waals surface area contributed by atoms with Crippen LogP contribution < -0.4 is 5.32 Å². The van der Waals surface area contributed by atoms with Crippen LogP contribution in [0.1, 0.15) is 30.6 Å². The van der Waals surface area contributed by atoms with Crippen LogP contribution in [0.4, 0.5) is 5.69 Å². The summed E-state index contributed by atoms with van der Waals surface area (Å²) in [6.45, 7) is 3.67. The quantitative estimate of drug-likeness (QED) is 0.491. The number of hydrogen-bond donors (Lipinski definition) is 1. The molecule has 0 bridgehead atoms. The molecule has 1 rings (SSSR count). The van der Waals surface area contributed by atoms with Crippen molar-refractivity contribution in [3.8, 4) is 0 Å². The standard InChI is InChI=1S/C14H17ClN2O5/c1-4-8(2)12(14(19)22-3)16-13(18)9-5-6-10(15)11(7-9)17(20)21/h5-8,12H,4H2,1-3H3,(H,16,18)/t8-,12+/m1/s1. The van der Waals surface area contributed by atoms with Crippen LogP contribution in [0, 0.1) is 16.0 Å². The SMILES string of the molecule is CC[C@@H](C)[C@H](NC(=O)c1ccc(Cl)c([N+](=O)[O-])c1)C(=O)OC. The van der Waals surface area contributed by atoms with Crippen molar-refractivity contribution in [3.63, 3.8) is 0 Å². The third kappa shape index (κ3) is 4.17. The van der Waals surface area contributed by atoms with Gasteiger partial charge in [-0.2, -0.15) is 0 Å². The fraction of sp³-hybridized carbons (Fsp3) is 0.429. The number of amides is 1. The minimum atomic E-state index is -0.822. The lowest BCUT2D eigenvalue weighted by molar-refractivity contribution is -0.384. The monoisotopic (exact) mass is 328 g/mol. The van der Waals surface area contributed by atoms with Crippen LogP contribution in [0.2, 0.25) is 5.02 Å². The van der Waals surface area contributed by atoms with Gasteiger partial charge in [-0.1, -0.05) is 31.9 Å². The number of benzene rings is 1. The van der Waals surface area contributed by atoms with E-state index < -0.39 is 22.8 Å². The van der Waals surface area contributed by atoms with Crippen molar-refractivity contribution in [2.24, 2.45) is 5.92 Å². The fourth-order valence-corrected chi connectivity index (χ4v) is 2.00. The van der Waals surface area contributed by atoms with Gasteiger partial charge in [0, 0.05) is 11.6 Å². The molecule has 0 aliphatic rings. The Kier molecular flexibility index (Phi) is 6.30. The number of halogens is 1. The van der Waals surface area contributed by atoms with E-state index in [2.05, 4.69) is 10.1 Å². The normalized spacial score (nSPS) is 13.1. The molecule has 0 aliphatic heterocycles. The first kappa shape index (κ1) is 17.9. The van der Waals surface area contributed by atoms with E-state index in [4.69, 9.17) is 11.6 Å². The largest absolute Gasteiger partial charge is 0.467 e. The zero-order valence-corrected chi connectivity index (χ0v) is 13.2. The predicted molar refractivity (Wildman–Crippen MR) is 80.8 cm³/mol. The lowest BCUT2D eigenvalue weighted by atomic mass is 9.99. The van der Waals surface area contributed by atoms with E-state index in [9.17, 15) is 19.7 Å². The number of nitro benzene ring substituents is 1. The minimum Gasteiger partial charge on any atom is -0.467 e. The van der Waals surface area contributed by atoms with Gasteiger partial charge in [-0.05, 0) is 18.1 Å². The summed E-state index contributed by atoms with van der Waals surface area (Å²) in [5, 5.41) is 13.3. The Labute approximate surface area is 132 Å². The van der Waals surface area contributed by atoms with E-state index in [1.807, 2.05) is 6.92 Å². The maximum Gasteiger partial charge on any atom is 0.328 e. The van der Waals surface area contributed by atoms with Gasteiger partial charge in [-0.25, -0.2) is 4.79 Å². The molecule has 0 saturated heterocycles. The van der Waals surface area contributed by atoms with Crippen molar-refractivity contribution in [3.05, 3.63) is 38.9 Å². The molecule has 7 nitrogen and oxygen atoms in total. The summed E-state index contributed by atoms with van der Waals surface area (Å²) in [6.07, 6.45) is 0.654. The highest BCUT2D eigenvalue weighted by molar-refractivity contribution is 6.32. The van der Waals surface area contributed by atoms with E-state index in [1.165, 1.54) is 19.2 Å². The Morgan fingerprint density at radius 1 is 1.45 bits per heavy atom. The highest BCUT2D eigenvalue weighted by atomic mass is 35.5. The van der Waals surface area contributed by atoms with E-state index in [0.29, 0.717) is 6.42 Å². The molecule has 1 aromatic carbocycles. The molecule has 0 fully saturated rings. The van der Waals surface area contributed by atoms with Crippen molar-refractivity contribution in [2.75, 3.05) is 7.11 Å². The summed E-state index contributed by atoms with van der Waals surface area (Å²) in [5.41, 5.74) is -0.319. The van der Waals surface area contributed by atoms with Crippen molar-refractivity contribution in [1.29, 1.82) is 0 Å². The molecule has 0 radical (unpaired) electrons. The van der Waals surface area contributed by atoms with Gasteiger partial charge in [0.15, 0.2) is 0 Å². The maximum absolute atomic E-state index is 12.2. The second-order valence-electron chi connectivity index (χ2n) is 4.78. The molecular weight excluding hydrogens is 312 g/mol. The average Bonchev–Trinajstić information content (AvgIpc) is 2.50. The highest BCUT2D eigenvalue weighted by Crippen LogP contribution is 2.25. The van der Waals surface area contributed by atoms with Crippen molar-refractivity contribution < 1.29 is 19.2 Å². The van der Waals surface area contributed by atoms with Crippen LogP contribution in [0.25, 0.3) is 0 Å². The number of rotatable bonds is 6. The minimum absolute atomic E-state index is 0.0494. The number of carbonyl (C=O) groups is 2. The Bertz CT molecular complexity index is 591. The van der Waals surface area contributed by atoms with Crippen molar-refractivity contribution >= 4 is 29.2 Å². The molecule has 1 N–H and O–H groups in total. The summed E-state index contributed by atoms with van der Waals surface area (Å²) in [5.74, 6) is -1.31. The third-order valence-corrected chi connectivity index (χ3v) is 3.68. The summed E-state index contributed by atoms with van der Waals surface area (Å²) in [6, 6.07) is 2.88. The average molecular weight is 329 g/mol. The molecule has 120 valence electrons. The second-order valence-corrected chi connectivity index (χ2v) is 5.19. The molecule has 0 aromatic heterocycles. The lowest BCUT2D eigenvalue weighted by Gasteiger charge is -2.21. The number of ether oxygens (including phenoxy) is 1. The first-order valence-electron chi connectivity index (χ1n) is 6.64. The fourth-order valence-electron chi connectivity index (χ4n) is 1.81. The van der Waals surface area contributed by atoms with Gasteiger partial charge < -0.3 is 10.1 Å².